The Morgan fingerprint density at radius 3 is 2.75 bits per heavy atom. The summed E-state index contributed by atoms with van der Waals surface area (Å²) in [6, 6.07) is 0. The molecule has 0 heterocycles. The average molecular weight is 304 g/mol. The van der Waals surface area contributed by atoms with Crippen LogP contribution in [0.3, 0.4) is 0 Å². The molecule has 1 saturated carbocycles. The van der Waals surface area contributed by atoms with Gasteiger partial charge in [-0.3, -0.25) is 4.79 Å². The Labute approximate surface area is 123 Å². The summed E-state index contributed by atoms with van der Waals surface area (Å²) in [6.07, 6.45) is 7.71. The van der Waals surface area contributed by atoms with Gasteiger partial charge < -0.3 is 9.26 Å². The molecule has 1 rings (SSSR count). The van der Waals surface area contributed by atoms with Gasteiger partial charge >= 0.3 is 5.97 Å². The molecule has 0 aromatic heterocycles. The van der Waals surface area contributed by atoms with Crippen LogP contribution in [0, 0.1) is 11.8 Å². The maximum absolute atomic E-state index is 13.9. The van der Waals surface area contributed by atoms with Gasteiger partial charge in [-0.15, -0.1) is 0 Å². The monoisotopic (exact) mass is 304 g/mol. The molecular weight excluding hydrogens is 278 g/mol. The van der Waals surface area contributed by atoms with Crippen LogP contribution in [-0.4, -0.2) is 25.4 Å². The van der Waals surface area contributed by atoms with Crippen LogP contribution in [0.4, 0.5) is 4.39 Å². The lowest BCUT2D eigenvalue weighted by molar-refractivity contribution is -0.140. The largest absolute Gasteiger partial charge is 0.469 e. The number of hydrogen-bond acceptors (Lipinski definition) is 3. The summed E-state index contributed by atoms with van der Waals surface area (Å²) >= 11 is 0. The number of esters is 1. The molecule has 3 nitrogen and oxygen atoms in total. The molecule has 0 aromatic carbocycles. The van der Waals surface area contributed by atoms with Gasteiger partial charge in [-0.2, -0.15) is 0 Å². The number of unbranched alkanes of at least 4 members (excludes halogenated alkanes) is 1. The van der Waals surface area contributed by atoms with Crippen LogP contribution in [-0.2, 0) is 14.1 Å². The molecule has 116 valence electrons. The number of halogens is 1. The smallest absolute Gasteiger partial charge is 0.305 e. The van der Waals surface area contributed by atoms with E-state index in [0.29, 0.717) is 12.8 Å². The van der Waals surface area contributed by atoms with E-state index in [1.54, 1.807) is 0 Å². The quantitative estimate of drug-likeness (QED) is 0.296. The molecule has 1 aliphatic rings. The van der Waals surface area contributed by atoms with Gasteiger partial charge in [-0.1, -0.05) is 25.5 Å². The SMILES string of the molecule is CCC1C(F)CC(OP)C1C/C=C/CCCC(=O)OC. The minimum atomic E-state index is -0.747. The first-order valence-electron chi connectivity index (χ1n) is 7.35. The van der Waals surface area contributed by atoms with Gasteiger partial charge in [0.05, 0.1) is 13.2 Å². The van der Waals surface area contributed by atoms with E-state index >= 15 is 0 Å². The summed E-state index contributed by atoms with van der Waals surface area (Å²) in [6.45, 7) is 2.04. The Morgan fingerprint density at radius 2 is 2.15 bits per heavy atom. The molecule has 1 fully saturated rings. The molecule has 0 radical (unpaired) electrons. The van der Waals surface area contributed by atoms with Crippen LogP contribution in [0.15, 0.2) is 12.2 Å². The van der Waals surface area contributed by atoms with Crippen LogP contribution in [0.5, 0.6) is 0 Å². The van der Waals surface area contributed by atoms with E-state index in [2.05, 4.69) is 26.4 Å². The highest BCUT2D eigenvalue weighted by atomic mass is 31.0. The van der Waals surface area contributed by atoms with Crippen LogP contribution in [0.1, 0.15) is 45.4 Å². The first kappa shape index (κ1) is 17.6. The molecule has 20 heavy (non-hydrogen) atoms. The second kappa shape index (κ2) is 9.46. The van der Waals surface area contributed by atoms with E-state index in [1.165, 1.54) is 7.11 Å². The van der Waals surface area contributed by atoms with Crippen LogP contribution in [0.25, 0.3) is 0 Å². The minimum Gasteiger partial charge on any atom is -0.469 e. The second-order valence-electron chi connectivity index (χ2n) is 5.34. The fourth-order valence-corrected chi connectivity index (χ4v) is 3.31. The first-order chi connectivity index (χ1) is 9.63. The van der Waals surface area contributed by atoms with Gasteiger partial charge in [0.25, 0.3) is 0 Å². The number of allylic oxidation sites excluding steroid dienone is 2. The fourth-order valence-electron chi connectivity index (χ4n) is 2.99. The molecule has 0 aromatic rings. The number of carbonyl (C=O) groups excluding carboxylic acids is 1. The Balaban J connectivity index is 2.33. The molecule has 0 N–H and O–H groups in total. The molecule has 1 aliphatic carbocycles. The summed E-state index contributed by atoms with van der Waals surface area (Å²) in [5.41, 5.74) is 0. The number of rotatable bonds is 8. The van der Waals surface area contributed by atoms with Crippen molar-refractivity contribution < 1.29 is 18.4 Å². The zero-order valence-corrected chi connectivity index (χ0v) is 13.5. The average Bonchev–Trinajstić information content (AvgIpc) is 2.77. The third-order valence-electron chi connectivity index (χ3n) is 4.15. The highest BCUT2D eigenvalue weighted by molar-refractivity contribution is 7.09. The summed E-state index contributed by atoms with van der Waals surface area (Å²) in [5.74, 6) is 0.182. The van der Waals surface area contributed by atoms with Crippen molar-refractivity contribution in [1.29, 1.82) is 0 Å². The minimum absolute atomic E-state index is 0.000306. The zero-order chi connectivity index (χ0) is 15.0. The van der Waals surface area contributed by atoms with Crippen LogP contribution >= 0.6 is 9.47 Å². The Kier molecular flexibility index (Phi) is 8.32. The third-order valence-corrected chi connectivity index (χ3v) is 4.50. The standard InChI is InChI=1S/C15H26FO3P/c1-3-11-12(14(19-20)10-13(11)16)8-6-4-5-7-9-15(17)18-2/h4,6,11-14H,3,5,7-10,20H2,1-2H3/b6-4+. The Morgan fingerprint density at radius 1 is 1.40 bits per heavy atom. The number of ether oxygens (including phenoxy) is 1. The Bertz CT molecular complexity index is 322. The van der Waals surface area contributed by atoms with Crippen molar-refractivity contribution in [3.8, 4) is 0 Å². The van der Waals surface area contributed by atoms with Crippen molar-refractivity contribution in [2.75, 3.05) is 7.11 Å². The van der Waals surface area contributed by atoms with Crippen molar-refractivity contribution >= 4 is 15.4 Å². The molecule has 0 bridgehead atoms. The van der Waals surface area contributed by atoms with E-state index in [-0.39, 0.29) is 23.9 Å². The molecular formula is C15H26FO3P. The van der Waals surface area contributed by atoms with E-state index in [0.717, 1.165) is 25.7 Å². The summed E-state index contributed by atoms with van der Waals surface area (Å²) in [7, 11) is 3.67. The number of methoxy groups -OCH3 is 1. The van der Waals surface area contributed by atoms with Crippen LogP contribution in [0.2, 0.25) is 0 Å². The van der Waals surface area contributed by atoms with E-state index < -0.39 is 6.17 Å². The van der Waals surface area contributed by atoms with Crippen molar-refractivity contribution in [2.24, 2.45) is 11.8 Å². The maximum atomic E-state index is 13.9. The maximum Gasteiger partial charge on any atom is 0.305 e. The number of alkyl halides is 1. The summed E-state index contributed by atoms with van der Waals surface area (Å²) in [5, 5.41) is 0. The van der Waals surface area contributed by atoms with Gasteiger partial charge in [-0.05, 0) is 31.1 Å². The lowest BCUT2D eigenvalue weighted by atomic mass is 9.89. The van der Waals surface area contributed by atoms with E-state index in [4.69, 9.17) is 4.52 Å². The topological polar surface area (TPSA) is 35.5 Å². The first-order valence-corrected chi connectivity index (χ1v) is 7.82. The molecule has 5 unspecified atom stereocenters. The number of hydrogen-bond donors (Lipinski definition) is 0. The van der Waals surface area contributed by atoms with Gasteiger partial charge in [0, 0.05) is 22.3 Å². The van der Waals surface area contributed by atoms with Gasteiger partial charge in [0.2, 0.25) is 0 Å². The van der Waals surface area contributed by atoms with Crippen molar-refractivity contribution in [3.05, 3.63) is 12.2 Å². The summed E-state index contributed by atoms with van der Waals surface area (Å²) < 4.78 is 23.8. The summed E-state index contributed by atoms with van der Waals surface area (Å²) in [4.78, 5) is 10.9. The van der Waals surface area contributed by atoms with E-state index in [1.807, 2.05) is 6.92 Å². The molecule has 5 atom stereocenters. The normalized spacial score (nSPS) is 30.0. The van der Waals surface area contributed by atoms with Gasteiger partial charge in [0.1, 0.15) is 6.17 Å². The highest BCUT2D eigenvalue weighted by Gasteiger charge is 2.41. The predicted molar refractivity (Wildman–Crippen MR) is 81.0 cm³/mol. The molecule has 5 heteroatoms. The molecule has 0 saturated heterocycles. The molecule has 0 spiro atoms. The zero-order valence-electron chi connectivity index (χ0n) is 12.4. The fraction of sp³-hybridized carbons (Fsp3) is 0.800. The molecule has 0 aliphatic heterocycles. The second-order valence-corrected chi connectivity index (χ2v) is 5.61. The van der Waals surface area contributed by atoms with Crippen molar-refractivity contribution in [2.45, 2.75) is 57.7 Å². The van der Waals surface area contributed by atoms with Crippen LogP contribution < -0.4 is 0 Å². The van der Waals surface area contributed by atoms with Crippen molar-refractivity contribution in [3.63, 3.8) is 0 Å². The lowest BCUT2D eigenvalue weighted by Crippen LogP contribution is -2.20. The van der Waals surface area contributed by atoms with Gasteiger partial charge in [-0.25, -0.2) is 4.39 Å². The van der Waals surface area contributed by atoms with Gasteiger partial charge in [0.15, 0.2) is 0 Å². The van der Waals surface area contributed by atoms with E-state index in [9.17, 15) is 9.18 Å². The lowest BCUT2D eigenvalue weighted by Gasteiger charge is -2.21. The third kappa shape index (κ3) is 5.14. The number of carbonyl (C=O) groups is 1. The van der Waals surface area contributed by atoms with Crippen molar-refractivity contribution in [1.82, 2.24) is 0 Å². The molecule has 0 amide bonds. The predicted octanol–water partition coefficient (Wildman–Crippen LogP) is 3.84. The Hall–Kier alpha value is -0.470. The highest BCUT2D eigenvalue weighted by Crippen LogP contribution is 2.41.